The Morgan fingerprint density at radius 1 is 1.07 bits per heavy atom. The van der Waals surface area contributed by atoms with Crippen LogP contribution in [-0.4, -0.2) is 20.2 Å². The van der Waals surface area contributed by atoms with E-state index in [1.54, 1.807) is 19.9 Å². The maximum atomic E-state index is 14.0. The molecule has 0 saturated heterocycles. The number of benzene rings is 1. The molecule has 1 saturated carbocycles. The maximum Gasteiger partial charge on any atom is 0.153 e. The fraction of sp³-hybridized carbons (Fsp3) is 0.316. The van der Waals surface area contributed by atoms with Crippen molar-refractivity contribution in [1.82, 2.24) is 20.2 Å². The molecule has 3 N–H and O–H groups in total. The third-order valence-corrected chi connectivity index (χ3v) is 4.50. The minimum atomic E-state index is -0.600. The first-order valence-corrected chi connectivity index (χ1v) is 8.87. The summed E-state index contributed by atoms with van der Waals surface area (Å²) in [7, 11) is 0. The fourth-order valence-electron chi connectivity index (χ4n) is 2.99. The van der Waals surface area contributed by atoms with Crippen molar-refractivity contribution in [2.24, 2.45) is 0 Å². The van der Waals surface area contributed by atoms with Crippen LogP contribution in [0.25, 0.3) is 0 Å². The summed E-state index contributed by atoms with van der Waals surface area (Å²) in [6.45, 7) is 3.57. The molecule has 0 aliphatic heterocycles. The molecule has 0 radical (unpaired) electrons. The van der Waals surface area contributed by atoms with Gasteiger partial charge in [-0.2, -0.15) is 5.10 Å². The summed E-state index contributed by atoms with van der Waals surface area (Å²) in [4.78, 5) is 8.71. The van der Waals surface area contributed by atoms with Gasteiger partial charge in [-0.1, -0.05) is 6.07 Å². The number of aromatic nitrogens is 4. The lowest BCUT2D eigenvalue weighted by atomic mass is 10.1. The quantitative estimate of drug-likeness (QED) is 0.592. The van der Waals surface area contributed by atoms with Crippen LogP contribution in [0.5, 0.6) is 0 Å². The topological polar surface area (TPSA) is 78.5 Å². The Morgan fingerprint density at radius 3 is 2.59 bits per heavy atom. The molecule has 1 aliphatic carbocycles. The molecule has 1 atom stereocenters. The minimum Gasteiger partial charge on any atom is -0.363 e. The summed E-state index contributed by atoms with van der Waals surface area (Å²) < 4.78 is 27.1. The third kappa shape index (κ3) is 4.05. The first-order valence-electron chi connectivity index (χ1n) is 8.87. The van der Waals surface area contributed by atoms with E-state index < -0.39 is 11.6 Å². The molecule has 0 bridgehead atoms. The summed E-state index contributed by atoms with van der Waals surface area (Å²) in [5.41, 5.74) is 1.49. The summed E-state index contributed by atoms with van der Waals surface area (Å²) in [5, 5.41) is 13.6. The van der Waals surface area contributed by atoms with Gasteiger partial charge < -0.3 is 10.6 Å². The van der Waals surface area contributed by atoms with Gasteiger partial charge >= 0.3 is 0 Å². The second kappa shape index (κ2) is 6.94. The number of aryl methyl sites for hydroxylation is 1. The predicted molar refractivity (Wildman–Crippen MR) is 99.0 cm³/mol. The summed E-state index contributed by atoms with van der Waals surface area (Å²) in [6, 6.07) is 6.87. The van der Waals surface area contributed by atoms with Gasteiger partial charge in [-0.25, -0.2) is 18.7 Å². The molecule has 3 aromatic rings. The van der Waals surface area contributed by atoms with E-state index in [-0.39, 0.29) is 6.04 Å². The Balaban J connectivity index is 1.50. The lowest BCUT2D eigenvalue weighted by Gasteiger charge is -2.16. The van der Waals surface area contributed by atoms with Crippen LogP contribution in [-0.2, 0) is 0 Å². The van der Waals surface area contributed by atoms with Crippen molar-refractivity contribution in [3.63, 3.8) is 0 Å². The molecule has 0 spiro atoms. The molecule has 8 heteroatoms. The lowest BCUT2D eigenvalue weighted by molar-refractivity contribution is 0.566. The van der Waals surface area contributed by atoms with Gasteiger partial charge in [0.15, 0.2) is 5.82 Å². The van der Waals surface area contributed by atoms with E-state index in [2.05, 4.69) is 30.8 Å². The molecule has 27 heavy (non-hydrogen) atoms. The van der Waals surface area contributed by atoms with Crippen LogP contribution in [0.3, 0.4) is 0 Å². The van der Waals surface area contributed by atoms with Gasteiger partial charge in [0.2, 0.25) is 0 Å². The Hall–Kier alpha value is -3.03. The maximum absolute atomic E-state index is 14.0. The molecule has 2 aromatic heterocycles. The van der Waals surface area contributed by atoms with Gasteiger partial charge in [0.25, 0.3) is 0 Å². The van der Waals surface area contributed by atoms with Crippen LogP contribution < -0.4 is 10.6 Å². The zero-order valence-electron chi connectivity index (χ0n) is 15.1. The molecule has 6 nitrogen and oxygen atoms in total. The number of hydrogen-bond donors (Lipinski definition) is 3. The van der Waals surface area contributed by atoms with Crippen LogP contribution in [0.15, 0.2) is 30.3 Å². The van der Waals surface area contributed by atoms with Gasteiger partial charge in [0, 0.05) is 35.4 Å². The van der Waals surface area contributed by atoms with Gasteiger partial charge in [-0.05, 0) is 32.8 Å². The predicted octanol–water partition coefficient (Wildman–Crippen LogP) is 4.58. The first kappa shape index (κ1) is 17.4. The van der Waals surface area contributed by atoms with E-state index in [4.69, 9.17) is 0 Å². The summed E-state index contributed by atoms with van der Waals surface area (Å²) in [5.74, 6) is 1.78. The normalized spacial score (nSPS) is 14.8. The van der Waals surface area contributed by atoms with Crippen molar-refractivity contribution >= 4 is 17.5 Å². The highest BCUT2D eigenvalue weighted by atomic mass is 19.1. The molecule has 1 aliphatic rings. The van der Waals surface area contributed by atoms with Crippen LogP contribution in [0.2, 0.25) is 0 Å². The van der Waals surface area contributed by atoms with Crippen molar-refractivity contribution in [3.8, 4) is 0 Å². The second-order valence-corrected chi connectivity index (χ2v) is 6.83. The molecule has 1 aromatic carbocycles. The zero-order chi connectivity index (χ0) is 19.0. The number of nitrogens with one attached hydrogen (secondary N) is 3. The Kier molecular flexibility index (Phi) is 4.47. The SMILES string of the molecule is Cc1nc(Nc2cc(C3CC3)[nH]n2)cc(NC(C)c2ccc(F)cc2F)n1. The average Bonchev–Trinajstić information content (AvgIpc) is 3.34. The molecular weight excluding hydrogens is 350 g/mol. The van der Waals surface area contributed by atoms with E-state index in [1.807, 2.05) is 6.07 Å². The van der Waals surface area contributed by atoms with E-state index in [0.717, 1.165) is 11.8 Å². The fourth-order valence-corrected chi connectivity index (χ4v) is 2.99. The molecule has 140 valence electrons. The minimum absolute atomic E-state index is 0.364. The van der Waals surface area contributed by atoms with Crippen molar-refractivity contribution in [3.05, 3.63) is 59.0 Å². The Bertz CT molecular complexity index is 967. The number of anilines is 3. The van der Waals surface area contributed by atoms with Crippen LogP contribution >= 0.6 is 0 Å². The number of aromatic amines is 1. The number of H-pyrrole nitrogens is 1. The van der Waals surface area contributed by atoms with E-state index in [9.17, 15) is 8.78 Å². The largest absolute Gasteiger partial charge is 0.363 e. The van der Waals surface area contributed by atoms with E-state index in [1.165, 1.54) is 25.0 Å². The number of halogens is 2. The smallest absolute Gasteiger partial charge is 0.153 e. The standard InChI is InChI=1S/C19H20F2N6/c1-10(14-6-5-13(20)7-15(14)21)22-17-9-18(24-11(2)23-17)25-19-8-16(26-27-19)12-3-4-12/h5-10,12H,3-4H2,1-2H3,(H3,22,23,24,25,26,27). The van der Waals surface area contributed by atoms with Crippen LogP contribution in [0, 0.1) is 18.6 Å². The van der Waals surface area contributed by atoms with Gasteiger partial charge in [-0.3, -0.25) is 5.10 Å². The lowest BCUT2D eigenvalue weighted by Crippen LogP contribution is -2.11. The average molecular weight is 370 g/mol. The molecule has 4 rings (SSSR count). The van der Waals surface area contributed by atoms with Gasteiger partial charge in [0.1, 0.15) is 29.1 Å². The number of nitrogens with zero attached hydrogens (tertiary/aromatic N) is 3. The van der Waals surface area contributed by atoms with Crippen molar-refractivity contribution < 1.29 is 8.78 Å². The van der Waals surface area contributed by atoms with Crippen molar-refractivity contribution in [2.45, 2.75) is 38.6 Å². The highest BCUT2D eigenvalue weighted by Crippen LogP contribution is 2.39. The van der Waals surface area contributed by atoms with Crippen molar-refractivity contribution in [1.29, 1.82) is 0 Å². The Morgan fingerprint density at radius 2 is 1.85 bits per heavy atom. The summed E-state index contributed by atoms with van der Waals surface area (Å²) in [6.07, 6.45) is 2.39. The van der Waals surface area contributed by atoms with Crippen LogP contribution in [0.1, 0.15) is 48.8 Å². The third-order valence-electron chi connectivity index (χ3n) is 4.50. The van der Waals surface area contributed by atoms with Crippen molar-refractivity contribution in [2.75, 3.05) is 10.6 Å². The van der Waals surface area contributed by atoms with Gasteiger partial charge in [-0.15, -0.1) is 0 Å². The highest BCUT2D eigenvalue weighted by Gasteiger charge is 2.25. The molecule has 1 fully saturated rings. The molecule has 2 heterocycles. The Labute approximate surface area is 155 Å². The number of rotatable bonds is 6. The van der Waals surface area contributed by atoms with Gasteiger partial charge in [0.05, 0.1) is 6.04 Å². The van der Waals surface area contributed by atoms with E-state index >= 15 is 0 Å². The monoisotopic (exact) mass is 370 g/mol. The zero-order valence-corrected chi connectivity index (χ0v) is 15.1. The molecule has 0 amide bonds. The molecule has 1 unspecified atom stereocenters. The molecular formula is C19H20F2N6. The van der Waals surface area contributed by atoms with Crippen LogP contribution in [0.4, 0.5) is 26.2 Å². The highest BCUT2D eigenvalue weighted by molar-refractivity contribution is 5.57. The second-order valence-electron chi connectivity index (χ2n) is 6.83. The summed E-state index contributed by atoms with van der Waals surface area (Å²) >= 11 is 0. The van der Waals surface area contributed by atoms with E-state index in [0.29, 0.717) is 34.8 Å². The number of hydrogen-bond acceptors (Lipinski definition) is 5. The first-order chi connectivity index (χ1) is 13.0.